The monoisotopic (exact) mass is 391 g/mol. The molecule has 2 heterocycles. The molecule has 3 rings (SSSR count). The number of aliphatic imine (C=N–C) groups is 1. The van der Waals surface area contributed by atoms with Gasteiger partial charge >= 0.3 is 0 Å². The lowest BCUT2D eigenvalue weighted by atomic mass is 10.0. The fourth-order valence-corrected chi connectivity index (χ4v) is 3.11. The van der Waals surface area contributed by atoms with Gasteiger partial charge in [0.1, 0.15) is 12.4 Å². The molecule has 1 aliphatic heterocycles. The topological polar surface area (TPSA) is 99.7 Å². The second-order valence-corrected chi connectivity index (χ2v) is 9.26. The van der Waals surface area contributed by atoms with Crippen molar-refractivity contribution in [2.45, 2.75) is 33.4 Å². The lowest BCUT2D eigenvalue weighted by Gasteiger charge is -2.34. The minimum atomic E-state index is -3.05. The van der Waals surface area contributed by atoms with Crippen LogP contribution >= 0.6 is 0 Å². The molecule has 0 unspecified atom stereocenters. The molecule has 1 aromatic heterocycles. The molecule has 0 aliphatic carbocycles. The molecule has 9 heteroatoms. The van der Waals surface area contributed by atoms with Gasteiger partial charge < -0.3 is 10.2 Å². The van der Waals surface area contributed by atoms with Crippen molar-refractivity contribution in [1.29, 1.82) is 0 Å². The third-order valence-electron chi connectivity index (χ3n) is 4.19. The summed E-state index contributed by atoms with van der Waals surface area (Å²) in [5.41, 5.74) is 6.34. The molecule has 27 heavy (non-hydrogen) atoms. The average Bonchev–Trinajstić information content (AvgIpc) is 2.98. The van der Waals surface area contributed by atoms with E-state index in [1.807, 2.05) is 31.2 Å². The quantitative estimate of drug-likeness (QED) is 0.781. The highest BCUT2D eigenvalue weighted by Crippen LogP contribution is 2.25. The molecule has 0 fully saturated rings. The minimum absolute atomic E-state index is 0.00498. The number of hydrazine groups is 1. The summed E-state index contributed by atoms with van der Waals surface area (Å²) in [4.78, 5) is 4.64. The highest BCUT2D eigenvalue weighted by atomic mass is 32.2. The maximum absolute atomic E-state index is 11.3. The first-order valence-corrected chi connectivity index (χ1v) is 10.8. The molecule has 0 atom stereocenters. The summed E-state index contributed by atoms with van der Waals surface area (Å²) in [6.45, 7) is 6.95. The average molecular weight is 391 g/mol. The molecule has 2 N–H and O–H groups in total. The smallest absolute Gasteiger partial charge is 0.175 e. The maximum Gasteiger partial charge on any atom is 0.175 e. The van der Waals surface area contributed by atoms with E-state index < -0.39 is 9.84 Å². The minimum Gasteiger partial charge on any atom is -0.493 e. The van der Waals surface area contributed by atoms with Crippen molar-refractivity contribution in [3.8, 4) is 5.75 Å². The van der Waals surface area contributed by atoms with Crippen LogP contribution in [0.15, 0.2) is 29.3 Å². The largest absolute Gasteiger partial charge is 0.493 e. The molecular formula is C18H25N5O3S. The lowest BCUT2D eigenvalue weighted by molar-refractivity contribution is 0.169. The number of nitrogens with zero attached hydrogens (tertiary/aromatic N) is 3. The van der Waals surface area contributed by atoms with Crippen LogP contribution in [0.2, 0.25) is 0 Å². The van der Waals surface area contributed by atoms with E-state index >= 15 is 0 Å². The van der Waals surface area contributed by atoms with Gasteiger partial charge in [0.2, 0.25) is 0 Å². The van der Waals surface area contributed by atoms with E-state index in [4.69, 9.17) is 4.74 Å². The highest BCUT2D eigenvalue weighted by molar-refractivity contribution is 7.90. The lowest BCUT2D eigenvalue weighted by Crippen LogP contribution is -2.49. The number of benzene rings is 1. The molecule has 0 bridgehead atoms. The van der Waals surface area contributed by atoms with Gasteiger partial charge in [-0.1, -0.05) is 0 Å². The first kappa shape index (κ1) is 19.4. The van der Waals surface area contributed by atoms with Crippen LogP contribution in [0.5, 0.6) is 5.75 Å². The second kappa shape index (κ2) is 7.69. The van der Waals surface area contributed by atoms with E-state index in [1.165, 1.54) is 6.26 Å². The van der Waals surface area contributed by atoms with Crippen LogP contribution in [-0.2, 0) is 16.4 Å². The number of amidine groups is 1. The number of sulfone groups is 1. The van der Waals surface area contributed by atoms with E-state index in [-0.39, 0.29) is 18.4 Å². The molecule has 0 radical (unpaired) electrons. The van der Waals surface area contributed by atoms with Crippen LogP contribution in [0.25, 0.3) is 0 Å². The molecule has 1 aliphatic rings. The number of rotatable bonds is 6. The Morgan fingerprint density at radius 1 is 1.33 bits per heavy atom. The summed E-state index contributed by atoms with van der Waals surface area (Å²) in [6.07, 6.45) is 1.20. The molecule has 0 saturated carbocycles. The van der Waals surface area contributed by atoms with Gasteiger partial charge in [-0.05, 0) is 44.5 Å². The Labute approximate surface area is 159 Å². The predicted octanol–water partition coefficient (Wildman–Crippen LogP) is 1.95. The fraction of sp³-hybridized carbons (Fsp3) is 0.444. The van der Waals surface area contributed by atoms with Gasteiger partial charge in [0.25, 0.3) is 0 Å². The summed E-state index contributed by atoms with van der Waals surface area (Å²) in [7, 11) is -3.05. The van der Waals surface area contributed by atoms with Crippen LogP contribution < -0.4 is 10.2 Å². The molecule has 0 saturated heterocycles. The third-order valence-corrected chi connectivity index (χ3v) is 5.10. The molecule has 2 aromatic rings. The number of aryl methyl sites for hydroxylation is 1. The van der Waals surface area contributed by atoms with Gasteiger partial charge in [0, 0.05) is 36.2 Å². The Morgan fingerprint density at radius 2 is 2.11 bits per heavy atom. The van der Waals surface area contributed by atoms with Gasteiger partial charge in [0.05, 0.1) is 5.75 Å². The summed E-state index contributed by atoms with van der Waals surface area (Å²) in [5, 5.41) is 9.16. The van der Waals surface area contributed by atoms with Crippen LogP contribution in [0.1, 0.15) is 30.7 Å². The summed E-state index contributed by atoms with van der Waals surface area (Å²) < 4.78 is 28.2. The number of H-pyrrole nitrogens is 1. The standard InChI is InChI=1S/C18H25N5O3S/c1-12(2)23-11-14-10-15(26-7-8-27(4,24)25)5-6-16(14)18(22-23)19-17-9-13(3)20-21-17/h5-6,9-10,12H,7-8,11H2,1-4H3,(H2,19,20,21,22). The number of aromatic nitrogens is 2. The zero-order valence-electron chi connectivity index (χ0n) is 16.0. The first-order chi connectivity index (χ1) is 12.7. The second-order valence-electron chi connectivity index (χ2n) is 7.00. The Bertz CT molecular complexity index is 950. The van der Waals surface area contributed by atoms with Gasteiger partial charge in [0.15, 0.2) is 21.5 Å². The number of fused-ring (bicyclic) bond motifs is 1. The van der Waals surface area contributed by atoms with Gasteiger partial charge in [-0.2, -0.15) is 5.10 Å². The SMILES string of the molecule is Cc1cc(N=C2NN(C(C)C)Cc3cc(OCCS(C)(=O)=O)ccc32)n[nH]1. The number of nitrogens with one attached hydrogen (secondary N) is 2. The fourth-order valence-electron chi connectivity index (χ4n) is 2.72. The third kappa shape index (κ3) is 5.08. The maximum atomic E-state index is 11.3. The van der Waals surface area contributed by atoms with Crippen molar-refractivity contribution in [3.05, 3.63) is 41.1 Å². The molecule has 0 spiro atoms. The van der Waals surface area contributed by atoms with Gasteiger partial charge in [-0.25, -0.2) is 18.4 Å². The number of ether oxygens (including phenoxy) is 1. The molecule has 0 amide bonds. The van der Waals surface area contributed by atoms with Gasteiger partial charge in [-0.3, -0.25) is 5.10 Å². The molecule has 146 valence electrons. The van der Waals surface area contributed by atoms with E-state index in [1.54, 1.807) is 0 Å². The summed E-state index contributed by atoms with van der Waals surface area (Å²) in [6, 6.07) is 7.86. The van der Waals surface area contributed by atoms with Crippen molar-refractivity contribution in [1.82, 2.24) is 20.6 Å². The van der Waals surface area contributed by atoms with Crippen LogP contribution in [0, 0.1) is 6.92 Å². The van der Waals surface area contributed by atoms with Crippen molar-refractivity contribution in [2.75, 3.05) is 18.6 Å². The molecular weight excluding hydrogens is 366 g/mol. The van der Waals surface area contributed by atoms with E-state index in [0.29, 0.717) is 18.1 Å². The Balaban J connectivity index is 1.88. The van der Waals surface area contributed by atoms with Gasteiger partial charge in [-0.15, -0.1) is 0 Å². The van der Waals surface area contributed by atoms with Crippen LogP contribution in [0.4, 0.5) is 5.82 Å². The number of hydrogen-bond acceptors (Lipinski definition) is 6. The van der Waals surface area contributed by atoms with E-state index in [2.05, 4.69) is 39.5 Å². The number of aromatic amines is 1. The van der Waals surface area contributed by atoms with E-state index in [9.17, 15) is 8.42 Å². The Kier molecular flexibility index (Phi) is 5.52. The summed E-state index contributed by atoms with van der Waals surface area (Å²) >= 11 is 0. The van der Waals surface area contributed by atoms with Crippen LogP contribution in [0.3, 0.4) is 0 Å². The molecule has 1 aromatic carbocycles. The summed E-state index contributed by atoms with van der Waals surface area (Å²) in [5.74, 6) is 1.98. The van der Waals surface area contributed by atoms with Crippen molar-refractivity contribution < 1.29 is 13.2 Å². The van der Waals surface area contributed by atoms with Crippen molar-refractivity contribution in [2.24, 2.45) is 4.99 Å². The number of hydrogen-bond donors (Lipinski definition) is 2. The zero-order chi connectivity index (χ0) is 19.6. The normalized spacial score (nSPS) is 16.4. The first-order valence-electron chi connectivity index (χ1n) is 8.79. The predicted molar refractivity (Wildman–Crippen MR) is 105 cm³/mol. The van der Waals surface area contributed by atoms with Crippen molar-refractivity contribution in [3.63, 3.8) is 0 Å². The Hall–Kier alpha value is -2.39. The Morgan fingerprint density at radius 3 is 2.74 bits per heavy atom. The van der Waals surface area contributed by atoms with E-state index in [0.717, 1.165) is 22.7 Å². The highest BCUT2D eigenvalue weighted by Gasteiger charge is 2.23. The van der Waals surface area contributed by atoms with Crippen LogP contribution in [-0.4, -0.2) is 54.1 Å². The van der Waals surface area contributed by atoms with Crippen molar-refractivity contribution >= 4 is 21.5 Å². The zero-order valence-corrected chi connectivity index (χ0v) is 16.8. The molecule has 8 nitrogen and oxygen atoms in total.